The van der Waals surface area contributed by atoms with Crippen molar-refractivity contribution in [2.45, 2.75) is 113 Å². The van der Waals surface area contributed by atoms with Gasteiger partial charge < -0.3 is 24.5 Å². The molecule has 0 spiro atoms. The predicted molar refractivity (Wildman–Crippen MR) is 229 cm³/mol. The van der Waals surface area contributed by atoms with E-state index in [1.165, 1.54) is 16.7 Å². The average molecular weight is 863 g/mol. The van der Waals surface area contributed by atoms with E-state index in [-0.39, 0.29) is 93.5 Å². The summed E-state index contributed by atoms with van der Waals surface area (Å²) in [6.07, 6.45) is 7.06. The number of hydrogen-bond acceptors (Lipinski definition) is 11. The van der Waals surface area contributed by atoms with Crippen LogP contribution < -0.4 is 15.6 Å². The molecule has 2 N–H and O–H groups in total. The van der Waals surface area contributed by atoms with Gasteiger partial charge in [0.15, 0.2) is 5.60 Å². The number of rotatable bonds is 11. The van der Waals surface area contributed by atoms with Gasteiger partial charge in [0.1, 0.15) is 12.4 Å². The Labute approximate surface area is 351 Å². The minimum Gasteiger partial charge on any atom is -0.458 e. The van der Waals surface area contributed by atoms with Gasteiger partial charge in [0.25, 0.3) is 5.56 Å². The number of esters is 2. The van der Waals surface area contributed by atoms with E-state index in [1.54, 1.807) is 23.6 Å². The van der Waals surface area contributed by atoms with Gasteiger partial charge in [0.05, 0.1) is 40.2 Å². The van der Waals surface area contributed by atoms with Gasteiger partial charge in [-0.3, -0.25) is 28.9 Å². The summed E-state index contributed by atoms with van der Waals surface area (Å²) in [4.78, 5) is 84.6. The van der Waals surface area contributed by atoms with Crippen LogP contribution in [-0.2, 0) is 53.9 Å². The number of ether oxygens (including phenoxy) is 2. The van der Waals surface area contributed by atoms with E-state index in [9.17, 15) is 33.9 Å². The molecule has 2 saturated carbocycles. The lowest BCUT2D eigenvalue weighted by Crippen LogP contribution is -2.44. The third kappa shape index (κ3) is 7.99. The van der Waals surface area contributed by atoms with Crippen molar-refractivity contribution in [2.24, 2.45) is 23.7 Å². The first-order chi connectivity index (χ1) is 28.3. The van der Waals surface area contributed by atoms with Gasteiger partial charge >= 0.3 is 11.9 Å². The number of pyridine rings is 2. The zero-order chi connectivity index (χ0) is 41.7. The van der Waals surface area contributed by atoms with Gasteiger partial charge in [-0.25, -0.2) is 9.78 Å². The molecule has 3 unspecified atom stereocenters. The van der Waals surface area contributed by atoms with Crippen LogP contribution in [0, 0.1) is 23.7 Å². The molecule has 5 aliphatic rings. The maximum atomic E-state index is 13.7. The summed E-state index contributed by atoms with van der Waals surface area (Å²) in [7, 11) is 5.27. The minimum absolute atomic E-state index is 0.0643. The van der Waals surface area contributed by atoms with Crippen molar-refractivity contribution in [3.8, 4) is 17.1 Å². The summed E-state index contributed by atoms with van der Waals surface area (Å²) < 4.78 is 12.9. The van der Waals surface area contributed by atoms with Crippen LogP contribution in [-0.4, -0.2) is 72.3 Å². The molecule has 3 aliphatic heterocycles. The van der Waals surface area contributed by atoms with Crippen LogP contribution in [0.4, 0.5) is 0 Å². The van der Waals surface area contributed by atoms with Crippen LogP contribution in [0.5, 0.6) is 5.75 Å². The SMILES string of the molecule is CCc1c2c(nc3ccc(OC(=O)C4CCC(CNC(=O)C5CCC(CN6C(=O)CC(SC(P)P)C6=O)CC5)CC4)cc13)-c1cc3c(c(=O)n1C2)COC(=O)[C@]3(O)CC. The number of aliphatic hydroxyl groups is 1. The molecule has 2 aliphatic carbocycles. The van der Waals surface area contributed by atoms with Gasteiger partial charge in [0, 0.05) is 46.7 Å². The van der Waals surface area contributed by atoms with Crippen molar-refractivity contribution in [3.63, 3.8) is 0 Å². The number of cyclic esters (lactones) is 1. The normalized spacial score (nSPS) is 26.4. The van der Waals surface area contributed by atoms with E-state index in [4.69, 9.17) is 14.5 Å². The van der Waals surface area contributed by atoms with Crippen LogP contribution >= 0.6 is 30.2 Å². The number of hydrogen-bond donors (Lipinski definition) is 2. The highest BCUT2D eigenvalue weighted by molar-refractivity contribution is 8.08. The standard InChI is InChI=1S/C43H52N4O9P2S/c1-3-27-28-15-26(13-14-32(28)45-36-29(27)20-46-33(36)16-31-30(38(46)50)21-55-41(53)43(31,54)4-2)56-40(52)25-11-5-22(6-12-25)18-44-37(49)24-9-7-23(8-10-24)19-47-35(48)17-34(39(47)51)59-42(57)58/h13-16,22-25,34,42,54H,3-12,17-21,57-58H2,1-2H3,(H,44,49)/t22?,23?,24?,25?,34?,43-/m0/s1. The fourth-order valence-corrected chi connectivity index (χ4v) is 11.8. The van der Waals surface area contributed by atoms with E-state index in [0.29, 0.717) is 61.6 Å². The number of nitrogens with one attached hydrogen (secondary N) is 1. The largest absolute Gasteiger partial charge is 0.458 e. The van der Waals surface area contributed by atoms with E-state index in [0.717, 1.165) is 55.0 Å². The Morgan fingerprint density at radius 2 is 1.71 bits per heavy atom. The van der Waals surface area contributed by atoms with Gasteiger partial charge in [-0.15, -0.1) is 30.2 Å². The summed E-state index contributed by atoms with van der Waals surface area (Å²) >= 11 is 1.48. The number of fused-ring (bicyclic) bond motifs is 5. The number of imide groups is 1. The number of nitrogens with zero attached hydrogens (tertiary/aromatic N) is 3. The van der Waals surface area contributed by atoms with Crippen LogP contribution in [0.2, 0.25) is 0 Å². The van der Waals surface area contributed by atoms with Crippen molar-refractivity contribution in [1.82, 2.24) is 19.8 Å². The van der Waals surface area contributed by atoms with Gasteiger partial charge in [0.2, 0.25) is 17.7 Å². The molecule has 16 heteroatoms. The number of thioether (sulfide) groups is 1. The molecule has 59 heavy (non-hydrogen) atoms. The topological polar surface area (TPSA) is 174 Å². The molecule has 1 saturated heterocycles. The number of carbonyl (C=O) groups excluding carboxylic acids is 5. The van der Waals surface area contributed by atoms with Crippen molar-refractivity contribution in [1.29, 1.82) is 0 Å². The smallest absolute Gasteiger partial charge is 0.343 e. The maximum absolute atomic E-state index is 13.7. The summed E-state index contributed by atoms with van der Waals surface area (Å²) in [5.74, 6) is -0.524. The third-order valence-electron chi connectivity index (χ3n) is 13.3. The number of aromatic nitrogens is 2. The Kier molecular flexibility index (Phi) is 12.1. The van der Waals surface area contributed by atoms with Gasteiger partial charge in [-0.05, 0) is 106 Å². The van der Waals surface area contributed by atoms with Gasteiger partial charge in [-0.1, -0.05) is 13.8 Å². The number of aryl methyl sites for hydroxylation is 1. The number of amides is 3. The molecule has 3 aromatic rings. The molecule has 3 fully saturated rings. The number of carbonyl (C=O) groups is 5. The van der Waals surface area contributed by atoms with E-state index in [1.807, 2.05) is 19.1 Å². The average Bonchev–Trinajstić information content (AvgIpc) is 3.72. The van der Waals surface area contributed by atoms with Crippen molar-refractivity contribution >= 4 is 70.8 Å². The maximum Gasteiger partial charge on any atom is 0.343 e. The van der Waals surface area contributed by atoms with Crippen LogP contribution in [0.25, 0.3) is 22.3 Å². The molecular formula is C43H52N4O9P2S. The predicted octanol–water partition coefficient (Wildman–Crippen LogP) is 5.17. The highest BCUT2D eigenvalue weighted by Gasteiger charge is 2.46. The Bertz CT molecular complexity index is 2280. The highest BCUT2D eigenvalue weighted by Crippen LogP contribution is 2.42. The fourth-order valence-electron chi connectivity index (χ4n) is 9.81. The lowest BCUT2D eigenvalue weighted by Gasteiger charge is -2.31. The summed E-state index contributed by atoms with van der Waals surface area (Å²) in [5, 5.41) is 14.9. The van der Waals surface area contributed by atoms with E-state index < -0.39 is 11.6 Å². The third-order valence-corrected chi connectivity index (χ3v) is 15.2. The van der Waals surface area contributed by atoms with Crippen molar-refractivity contribution in [3.05, 3.63) is 56.9 Å². The molecule has 1 aromatic carbocycles. The minimum atomic E-state index is -1.90. The molecule has 13 nitrogen and oxygen atoms in total. The first kappa shape index (κ1) is 42.0. The molecule has 5 heterocycles. The molecule has 314 valence electrons. The zero-order valence-corrected chi connectivity index (χ0v) is 36.6. The number of likely N-dealkylation sites (tertiary alicyclic amines) is 1. The summed E-state index contributed by atoms with van der Waals surface area (Å²) in [5.41, 5.74) is 2.08. The lowest BCUT2D eigenvalue weighted by atomic mass is 9.80. The quantitative estimate of drug-likeness (QED) is 0.0882. The van der Waals surface area contributed by atoms with Crippen LogP contribution in [0.15, 0.2) is 29.1 Å². The molecule has 3 amide bonds. The molecular weight excluding hydrogens is 811 g/mol. The second-order valence-electron chi connectivity index (χ2n) is 16.8. The van der Waals surface area contributed by atoms with E-state index in [2.05, 4.69) is 23.8 Å². The van der Waals surface area contributed by atoms with Crippen LogP contribution in [0.3, 0.4) is 0 Å². The van der Waals surface area contributed by atoms with Crippen LogP contribution in [0.1, 0.15) is 100 Å². The summed E-state index contributed by atoms with van der Waals surface area (Å²) in [6, 6.07) is 7.11. The second kappa shape index (κ2) is 17.0. The first-order valence-electron chi connectivity index (χ1n) is 20.9. The molecule has 0 radical (unpaired) electrons. The Morgan fingerprint density at radius 1 is 1.00 bits per heavy atom. The van der Waals surface area contributed by atoms with E-state index >= 15 is 0 Å². The Balaban J connectivity index is 0.836. The first-order valence-corrected chi connectivity index (χ1v) is 23.2. The lowest BCUT2D eigenvalue weighted by molar-refractivity contribution is -0.172. The Hall–Kier alpha value is -3.70. The monoisotopic (exact) mass is 862 g/mol. The highest BCUT2D eigenvalue weighted by atomic mass is 32.2. The second-order valence-corrected chi connectivity index (χ2v) is 21.3. The van der Waals surface area contributed by atoms with Crippen molar-refractivity contribution < 1.29 is 38.6 Å². The zero-order valence-electron chi connectivity index (χ0n) is 33.5. The van der Waals surface area contributed by atoms with Crippen molar-refractivity contribution in [2.75, 3.05) is 13.1 Å². The molecule has 0 bridgehead atoms. The molecule has 4 atom stereocenters. The fraction of sp³-hybridized carbons (Fsp3) is 0.558. The number of benzene rings is 1. The van der Waals surface area contributed by atoms with Gasteiger partial charge in [-0.2, -0.15) is 0 Å². The summed E-state index contributed by atoms with van der Waals surface area (Å²) in [6.45, 7) is 4.83. The molecule has 8 rings (SSSR count). The Morgan fingerprint density at radius 3 is 2.41 bits per heavy atom. The molecule has 2 aromatic heterocycles.